The predicted molar refractivity (Wildman–Crippen MR) is 74.5 cm³/mol. The SMILES string of the molecule is O=C(c1ccc(Cl)cc1)N1CCN(CCCl)CC1. The Hall–Kier alpha value is -0.770. The standard InChI is InChI=1S/C13H16Cl2N2O/c14-5-6-16-7-9-17(10-8-16)13(18)11-1-3-12(15)4-2-11/h1-4H,5-10H2. The van der Waals surface area contributed by atoms with Crippen molar-refractivity contribution in [2.24, 2.45) is 0 Å². The molecule has 1 amide bonds. The first-order chi connectivity index (χ1) is 8.70. The summed E-state index contributed by atoms with van der Waals surface area (Å²) in [6.45, 7) is 4.21. The van der Waals surface area contributed by atoms with Gasteiger partial charge in [-0.1, -0.05) is 11.6 Å². The number of piperazine rings is 1. The first kappa shape index (κ1) is 13.7. The van der Waals surface area contributed by atoms with E-state index in [1.807, 2.05) is 4.90 Å². The lowest BCUT2D eigenvalue weighted by Gasteiger charge is -2.34. The van der Waals surface area contributed by atoms with Crippen LogP contribution in [0.5, 0.6) is 0 Å². The molecule has 0 spiro atoms. The van der Waals surface area contributed by atoms with Gasteiger partial charge in [0.2, 0.25) is 0 Å². The summed E-state index contributed by atoms with van der Waals surface area (Å²) in [5, 5.41) is 0.651. The smallest absolute Gasteiger partial charge is 0.253 e. The Kier molecular flexibility index (Phi) is 4.87. The minimum atomic E-state index is 0.0807. The summed E-state index contributed by atoms with van der Waals surface area (Å²) in [7, 11) is 0. The van der Waals surface area contributed by atoms with Crippen molar-refractivity contribution in [3.05, 3.63) is 34.9 Å². The quantitative estimate of drug-likeness (QED) is 0.797. The van der Waals surface area contributed by atoms with Crippen LogP contribution in [0.25, 0.3) is 0 Å². The number of halogens is 2. The average Bonchev–Trinajstić information content (AvgIpc) is 2.40. The molecule has 0 radical (unpaired) electrons. The van der Waals surface area contributed by atoms with Crippen LogP contribution in [0.15, 0.2) is 24.3 Å². The second kappa shape index (κ2) is 6.41. The number of nitrogens with zero attached hydrogens (tertiary/aromatic N) is 2. The molecule has 1 aromatic rings. The zero-order chi connectivity index (χ0) is 13.0. The molecule has 2 rings (SSSR count). The second-order valence-corrected chi connectivity index (χ2v) is 5.14. The van der Waals surface area contributed by atoms with Gasteiger partial charge in [0.05, 0.1) is 0 Å². The largest absolute Gasteiger partial charge is 0.336 e. The molecule has 1 saturated heterocycles. The number of carbonyl (C=O) groups is 1. The van der Waals surface area contributed by atoms with Crippen molar-refractivity contribution in [1.29, 1.82) is 0 Å². The number of carbonyl (C=O) groups excluding carboxylic acids is 1. The molecule has 0 atom stereocenters. The Bertz CT molecular complexity index is 400. The molecule has 0 saturated carbocycles. The molecule has 0 aromatic heterocycles. The van der Waals surface area contributed by atoms with Gasteiger partial charge in [-0.25, -0.2) is 0 Å². The molecular weight excluding hydrogens is 271 g/mol. The summed E-state index contributed by atoms with van der Waals surface area (Å²) in [4.78, 5) is 16.4. The zero-order valence-corrected chi connectivity index (χ0v) is 11.6. The van der Waals surface area contributed by atoms with Crippen molar-refractivity contribution < 1.29 is 4.79 Å². The van der Waals surface area contributed by atoms with Crippen molar-refractivity contribution in [3.8, 4) is 0 Å². The van der Waals surface area contributed by atoms with E-state index < -0.39 is 0 Å². The molecule has 1 aromatic carbocycles. The molecule has 5 heteroatoms. The average molecular weight is 287 g/mol. The van der Waals surface area contributed by atoms with Crippen molar-refractivity contribution in [1.82, 2.24) is 9.80 Å². The van der Waals surface area contributed by atoms with Gasteiger partial charge in [0, 0.05) is 49.2 Å². The van der Waals surface area contributed by atoms with Crippen LogP contribution in [-0.2, 0) is 0 Å². The first-order valence-electron chi connectivity index (χ1n) is 6.04. The maximum atomic E-state index is 12.2. The van der Waals surface area contributed by atoms with E-state index in [1.54, 1.807) is 24.3 Å². The van der Waals surface area contributed by atoms with Gasteiger partial charge in [-0.3, -0.25) is 9.69 Å². The van der Waals surface area contributed by atoms with Gasteiger partial charge in [-0.05, 0) is 24.3 Å². The number of hydrogen-bond acceptors (Lipinski definition) is 2. The van der Waals surface area contributed by atoms with E-state index in [2.05, 4.69) is 4.90 Å². The minimum absolute atomic E-state index is 0.0807. The number of alkyl halides is 1. The highest BCUT2D eigenvalue weighted by Crippen LogP contribution is 2.13. The van der Waals surface area contributed by atoms with E-state index in [0.29, 0.717) is 16.5 Å². The van der Waals surface area contributed by atoms with Gasteiger partial charge in [0.15, 0.2) is 0 Å². The van der Waals surface area contributed by atoms with Gasteiger partial charge < -0.3 is 4.90 Å². The highest BCUT2D eigenvalue weighted by molar-refractivity contribution is 6.30. The Morgan fingerprint density at radius 2 is 1.72 bits per heavy atom. The van der Waals surface area contributed by atoms with Crippen LogP contribution >= 0.6 is 23.2 Å². The van der Waals surface area contributed by atoms with Crippen LogP contribution in [0.1, 0.15) is 10.4 Å². The van der Waals surface area contributed by atoms with Crippen LogP contribution in [0.4, 0.5) is 0 Å². The molecule has 18 heavy (non-hydrogen) atoms. The van der Waals surface area contributed by atoms with Crippen LogP contribution in [0.2, 0.25) is 5.02 Å². The number of benzene rings is 1. The second-order valence-electron chi connectivity index (χ2n) is 4.33. The van der Waals surface area contributed by atoms with Crippen molar-refractivity contribution in [3.63, 3.8) is 0 Å². The summed E-state index contributed by atoms with van der Waals surface area (Å²) < 4.78 is 0. The maximum Gasteiger partial charge on any atom is 0.253 e. The fourth-order valence-electron chi connectivity index (χ4n) is 2.07. The van der Waals surface area contributed by atoms with Gasteiger partial charge in [0.25, 0.3) is 5.91 Å². The molecule has 1 aliphatic rings. The lowest BCUT2D eigenvalue weighted by molar-refractivity contribution is 0.0644. The minimum Gasteiger partial charge on any atom is -0.336 e. The maximum absolute atomic E-state index is 12.2. The number of rotatable bonds is 3. The Morgan fingerprint density at radius 1 is 1.11 bits per heavy atom. The van der Waals surface area contributed by atoms with Gasteiger partial charge in [-0.2, -0.15) is 0 Å². The molecule has 1 fully saturated rings. The topological polar surface area (TPSA) is 23.6 Å². The van der Waals surface area contributed by atoms with Crippen LogP contribution in [0, 0.1) is 0 Å². The van der Waals surface area contributed by atoms with Crippen LogP contribution in [0.3, 0.4) is 0 Å². The van der Waals surface area contributed by atoms with E-state index in [0.717, 1.165) is 32.7 Å². The third-order valence-corrected chi connectivity index (χ3v) is 3.57. The van der Waals surface area contributed by atoms with Crippen molar-refractivity contribution in [2.75, 3.05) is 38.6 Å². The summed E-state index contributed by atoms with van der Waals surface area (Å²) >= 11 is 11.5. The number of hydrogen-bond donors (Lipinski definition) is 0. The van der Waals surface area contributed by atoms with E-state index in [9.17, 15) is 4.79 Å². The third kappa shape index (κ3) is 3.37. The van der Waals surface area contributed by atoms with Gasteiger partial charge >= 0.3 is 0 Å². The van der Waals surface area contributed by atoms with Crippen molar-refractivity contribution in [2.45, 2.75) is 0 Å². The van der Waals surface area contributed by atoms with Gasteiger partial charge in [-0.15, -0.1) is 11.6 Å². The summed E-state index contributed by atoms with van der Waals surface area (Å²) in [6, 6.07) is 7.04. The molecule has 1 heterocycles. The van der Waals surface area contributed by atoms with Gasteiger partial charge in [0.1, 0.15) is 0 Å². The molecular formula is C13H16Cl2N2O. The third-order valence-electron chi connectivity index (χ3n) is 3.15. The Balaban J connectivity index is 1.93. The fraction of sp³-hybridized carbons (Fsp3) is 0.462. The van der Waals surface area contributed by atoms with E-state index in [-0.39, 0.29) is 5.91 Å². The van der Waals surface area contributed by atoms with Crippen molar-refractivity contribution >= 4 is 29.1 Å². The highest BCUT2D eigenvalue weighted by Gasteiger charge is 2.21. The Morgan fingerprint density at radius 3 is 2.28 bits per heavy atom. The zero-order valence-electron chi connectivity index (χ0n) is 10.1. The molecule has 0 N–H and O–H groups in total. The lowest BCUT2D eigenvalue weighted by atomic mass is 10.2. The molecule has 0 bridgehead atoms. The van der Waals surface area contributed by atoms with E-state index >= 15 is 0 Å². The lowest BCUT2D eigenvalue weighted by Crippen LogP contribution is -2.49. The van der Waals surface area contributed by atoms with Crippen LogP contribution < -0.4 is 0 Å². The number of amides is 1. The molecule has 1 aliphatic heterocycles. The summed E-state index contributed by atoms with van der Waals surface area (Å²) in [6.07, 6.45) is 0. The molecule has 0 unspecified atom stereocenters. The first-order valence-corrected chi connectivity index (χ1v) is 6.95. The Labute approximate surface area is 117 Å². The highest BCUT2D eigenvalue weighted by atomic mass is 35.5. The normalized spacial score (nSPS) is 16.9. The monoisotopic (exact) mass is 286 g/mol. The fourth-order valence-corrected chi connectivity index (χ4v) is 2.43. The molecule has 0 aliphatic carbocycles. The summed E-state index contributed by atoms with van der Waals surface area (Å²) in [5.74, 6) is 0.725. The molecule has 98 valence electrons. The summed E-state index contributed by atoms with van der Waals surface area (Å²) in [5.41, 5.74) is 0.699. The van der Waals surface area contributed by atoms with E-state index in [1.165, 1.54) is 0 Å². The predicted octanol–water partition coefficient (Wildman–Crippen LogP) is 2.34. The van der Waals surface area contributed by atoms with Crippen LogP contribution in [-0.4, -0.2) is 54.3 Å². The van der Waals surface area contributed by atoms with E-state index in [4.69, 9.17) is 23.2 Å². The molecule has 3 nitrogen and oxygen atoms in total.